The number of piperazine rings is 1. The molecule has 0 aliphatic carbocycles. The van der Waals surface area contributed by atoms with Crippen molar-refractivity contribution in [1.29, 1.82) is 0 Å². The average molecular weight is 462 g/mol. The zero-order chi connectivity index (χ0) is 21.8. The van der Waals surface area contributed by atoms with E-state index in [1.807, 2.05) is 24.3 Å². The lowest BCUT2D eigenvalue weighted by molar-refractivity contribution is -0.135. The van der Waals surface area contributed by atoms with E-state index in [0.29, 0.717) is 12.8 Å². The van der Waals surface area contributed by atoms with Crippen molar-refractivity contribution in [2.45, 2.75) is 27.5 Å². The van der Waals surface area contributed by atoms with E-state index in [9.17, 15) is 22.4 Å². The number of sulfonamides is 1. The Morgan fingerprint density at radius 3 is 2.39 bits per heavy atom. The summed E-state index contributed by atoms with van der Waals surface area (Å²) < 4.78 is 40.2. The molecule has 2 aromatic rings. The number of nitrogens with zero attached hydrogens (tertiary/aromatic N) is 3. The maximum atomic E-state index is 13.6. The second-order valence-corrected chi connectivity index (χ2v) is 11.0. The first-order valence-corrected chi connectivity index (χ1v) is 12.2. The van der Waals surface area contributed by atoms with E-state index in [-0.39, 0.29) is 42.9 Å². The fourth-order valence-corrected chi connectivity index (χ4v) is 7.33. The van der Waals surface area contributed by atoms with Gasteiger partial charge in [0, 0.05) is 37.5 Å². The molecule has 2 saturated heterocycles. The van der Waals surface area contributed by atoms with Crippen LogP contribution in [0.1, 0.15) is 12.8 Å². The largest absolute Gasteiger partial charge is 0.337 e. The van der Waals surface area contributed by atoms with Gasteiger partial charge in [0.25, 0.3) is 5.91 Å². The monoisotopic (exact) mass is 461 g/mol. The van der Waals surface area contributed by atoms with Crippen LogP contribution in [0.4, 0.5) is 10.1 Å². The van der Waals surface area contributed by atoms with Crippen LogP contribution in [0.2, 0.25) is 0 Å². The third-order valence-corrected chi connectivity index (χ3v) is 9.36. The van der Waals surface area contributed by atoms with E-state index in [1.54, 1.807) is 9.80 Å². The van der Waals surface area contributed by atoms with Gasteiger partial charge in [-0.05, 0) is 42.8 Å². The summed E-state index contributed by atoms with van der Waals surface area (Å²) in [5.41, 5.74) is 0.765. The van der Waals surface area contributed by atoms with Gasteiger partial charge in [-0.2, -0.15) is 4.31 Å². The summed E-state index contributed by atoms with van der Waals surface area (Å²) in [6.07, 6.45) is 0.740. The number of amides is 2. The number of anilines is 1. The highest BCUT2D eigenvalue weighted by Gasteiger charge is 2.58. The third kappa shape index (κ3) is 3.16. The summed E-state index contributed by atoms with van der Waals surface area (Å²) in [5, 5.41) is 0. The minimum atomic E-state index is -3.76. The van der Waals surface area contributed by atoms with Crippen molar-refractivity contribution in [3.05, 3.63) is 54.3 Å². The number of para-hydroxylation sites is 1. The zero-order valence-corrected chi connectivity index (χ0v) is 18.2. The highest BCUT2D eigenvalue weighted by atomic mass is 32.2. The molecule has 5 rings (SSSR count). The number of carbonyl (C=O) groups is 2. The first-order chi connectivity index (χ1) is 14.8. The van der Waals surface area contributed by atoms with Gasteiger partial charge in [-0.1, -0.05) is 23.9 Å². The molecule has 3 heterocycles. The molecular formula is C21H20FN3O4S2. The Labute approximate surface area is 183 Å². The number of hydrogen-bond acceptors (Lipinski definition) is 5. The first-order valence-electron chi connectivity index (χ1n) is 9.99. The molecule has 0 unspecified atom stereocenters. The number of rotatable bonds is 3. The first kappa shape index (κ1) is 20.5. The van der Waals surface area contributed by atoms with Gasteiger partial charge in [0.2, 0.25) is 15.9 Å². The summed E-state index contributed by atoms with van der Waals surface area (Å²) in [6.45, 7) is 0.764. The second kappa shape index (κ2) is 7.32. The summed E-state index contributed by atoms with van der Waals surface area (Å²) in [4.78, 5) is 29.4. The molecule has 0 saturated carbocycles. The van der Waals surface area contributed by atoms with Crippen LogP contribution in [-0.4, -0.2) is 60.5 Å². The molecule has 0 bridgehead atoms. The van der Waals surface area contributed by atoms with Crippen molar-refractivity contribution in [2.75, 3.05) is 31.1 Å². The lowest BCUT2D eigenvalue weighted by atomic mass is 10.1. The van der Waals surface area contributed by atoms with Crippen molar-refractivity contribution in [2.24, 2.45) is 0 Å². The topological polar surface area (TPSA) is 78.0 Å². The SMILES string of the molecule is O=C1CC[C@]2(C(=O)N3CCN(S(=O)(=O)c4ccc(F)cc4)CC3)Sc3ccccc3N12. The van der Waals surface area contributed by atoms with E-state index in [4.69, 9.17) is 0 Å². The van der Waals surface area contributed by atoms with Gasteiger partial charge in [-0.3, -0.25) is 14.5 Å². The Morgan fingerprint density at radius 2 is 1.68 bits per heavy atom. The molecule has 10 heteroatoms. The van der Waals surface area contributed by atoms with E-state index in [1.165, 1.54) is 28.2 Å². The minimum absolute atomic E-state index is 0.0293. The lowest BCUT2D eigenvalue weighted by Gasteiger charge is -2.39. The van der Waals surface area contributed by atoms with Gasteiger partial charge in [-0.15, -0.1) is 0 Å². The van der Waals surface area contributed by atoms with Crippen molar-refractivity contribution >= 4 is 39.3 Å². The van der Waals surface area contributed by atoms with Gasteiger partial charge in [0.05, 0.1) is 10.6 Å². The summed E-state index contributed by atoms with van der Waals surface area (Å²) in [6, 6.07) is 12.2. The molecule has 3 aliphatic rings. The fraction of sp³-hybridized carbons (Fsp3) is 0.333. The molecular weight excluding hydrogens is 441 g/mol. The molecule has 3 aliphatic heterocycles. The molecule has 162 valence electrons. The van der Waals surface area contributed by atoms with Crippen molar-refractivity contribution < 1.29 is 22.4 Å². The molecule has 2 amide bonds. The molecule has 2 fully saturated rings. The van der Waals surface area contributed by atoms with Crippen molar-refractivity contribution in [1.82, 2.24) is 9.21 Å². The van der Waals surface area contributed by atoms with Gasteiger partial charge in [0.15, 0.2) is 4.87 Å². The van der Waals surface area contributed by atoms with Crippen LogP contribution >= 0.6 is 11.8 Å². The third-order valence-electron chi connectivity index (χ3n) is 5.98. The Bertz CT molecular complexity index is 1160. The molecule has 0 aromatic heterocycles. The summed E-state index contributed by atoms with van der Waals surface area (Å²) in [7, 11) is -3.76. The molecule has 1 atom stereocenters. The van der Waals surface area contributed by atoms with Gasteiger partial charge < -0.3 is 4.90 Å². The van der Waals surface area contributed by atoms with Crippen molar-refractivity contribution in [3.8, 4) is 0 Å². The van der Waals surface area contributed by atoms with Gasteiger partial charge >= 0.3 is 0 Å². The quantitative estimate of drug-likeness (QED) is 0.701. The maximum absolute atomic E-state index is 13.6. The Kier molecular flexibility index (Phi) is 4.83. The number of benzene rings is 2. The van der Waals surface area contributed by atoms with Crippen LogP contribution in [0.3, 0.4) is 0 Å². The Hall–Kier alpha value is -2.43. The number of hydrogen-bond donors (Lipinski definition) is 0. The Balaban J connectivity index is 1.34. The second-order valence-electron chi connectivity index (χ2n) is 7.73. The lowest BCUT2D eigenvalue weighted by Crippen LogP contribution is -2.58. The van der Waals surface area contributed by atoms with Crippen LogP contribution in [0, 0.1) is 5.82 Å². The highest BCUT2D eigenvalue weighted by molar-refractivity contribution is 8.02. The fourth-order valence-electron chi connectivity index (χ4n) is 4.42. The van der Waals surface area contributed by atoms with E-state index in [0.717, 1.165) is 22.7 Å². The van der Waals surface area contributed by atoms with E-state index < -0.39 is 20.7 Å². The number of thioether (sulfide) groups is 1. The number of fused-ring (bicyclic) bond motifs is 3. The van der Waals surface area contributed by atoms with Crippen LogP contribution < -0.4 is 4.90 Å². The predicted molar refractivity (Wildman–Crippen MR) is 113 cm³/mol. The minimum Gasteiger partial charge on any atom is -0.337 e. The van der Waals surface area contributed by atoms with Crippen LogP contribution in [-0.2, 0) is 19.6 Å². The molecule has 0 N–H and O–H groups in total. The maximum Gasteiger partial charge on any atom is 0.259 e. The summed E-state index contributed by atoms with van der Waals surface area (Å²) >= 11 is 1.41. The molecule has 31 heavy (non-hydrogen) atoms. The smallest absolute Gasteiger partial charge is 0.259 e. The normalized spacial score (nSPS) is 23.7. The zero-order valence-electron chi connectivity index (χ0n) is 16.5. The van der Waals surface area contributed by atoms with Crippen LogP contribution in [0.15, 0.2) is 58.3 Å². The predicted octanol–water partition coefficient (Wildman–Crippen LogP) is 2.29. The number of carbonyl (C=O) groups excluding carboxylic acids is 2. The van der Waals surface area contributed by atoms with E-state index in [2.05, 4.69) is 0 Å². The van der Waals surface area contributed by atoms with Crippen LogP contribution in [0.25, 0.3) is 0 Å². The summed E-state index contributed by atoms with van der Waals surface area (Å²) in [5.74, 6) is -0.721. The highest BCUT2D eigenvalue weighted by Crippen LogP contribution is 2.56. The number of halogens is 1. The van der Waals surface area contributed by atoms with Crippen LogP contribution in [0.5, 0.6) is 0 Å². The van der Waals surface area contributed by atoms with Gasteiger partial charge in [-0.25, -0.2) is 12.8 Å². The molecule has 2 aromatic carbocycles. The molecule has 7 nitrogen and oxygen atoms in total. The van der Waals surface area contributed by atoms with Crippen molar-refractivity contribution in [3.63, 3.8) is 0 Å². The molecule has 0 radical (unpaired) electrons. The van der Waals surface area contributed by atoms with E-state index >= 15 is 0 Å². The van der Waals surface area contributed by atoms with Gasteiger partial charge in [0.1, 0.15) is 5.82 Å². The molecule has 0 spiro atoms. The average Bonchev–Trinajstić information content (AvgIpc) is 3.29. The Morgan fingerprint density at radius 1 is 1.00 bits per heavy atom. The standard InChI is InChI=1S/C21H20FN3O4S2/c22-15-5-7-16(8-6-15)31(28,29)24-13-11-23(12-14-24)20(27)21-10-9-19(26)25(21)17-3-1-2-4-18(17)30-21/h1-8H,9-14H2/t21-/m1/s1.